The van der Waals surface area contributed by atoms with Gasteiger partial charge in [0, 0.05) is 55.5 Å². The van der Waals surface area contributed by atoms with Gasteiger partial charge in [0.1, 0.15) is 5.82 Å². The molecule has 1 saturated heterocycles. The van der Waals surface area contributed by atoms with Crippen molar-refractivity contribution in [2.75, 3.05) is 36.6 Å². The maximum Gasteiger partial charge on any atom is 0.417 e. The molecule has 40 heavy (non-hydrogen) atoms. The molecule has 1 aromatic carbocycles. The van der Waals surface area contributed by atoms with Crippen LogP contribution in [0.3, 0.4) is 0 Å². The lowest BCUT2D eigenvalue weighted by Gasteiger charge is -2.44. The van der Waals surface area contributed by atoms with Gasteiger partial charge in [-0.1, -0.05) is 0 Å². The third-order valence-corrected chi connectivity index (χ3v) is 7.61. The van der Waals surface area contributed by atoms with Crippen LogP contribution in [0.25, 0.3) is 11.3 Å². The van der Waals surface area contributed by atoms with Gasteiger partial charge in [-0.05, 0) is 39.1 Å². The maximum absolute atomic E-state index is 15.5. The normalized spacial score (nSPS) is 18.6. The van der Waals surface area contributed by atoms with Gasteiger partial charge in [0.05, 0.1) is 28.2 Å². The van der Waals surface area contributed by atoms with Crippen molar-refractivity contribution in [3.63, 3.8) is 0 Å². The molecule has 2 N–H and O–H groups in total. The minimum Gasteiger partial charge on any atom is -0.367 e. The zero-order chi connectivity index (χ0) is 29.6. The number of hydrogen-bond acceptors (Lipinski definition) is 8. The predicted octanol–water partition coefficient (Wildman–Crippen LogP) is 3.17. The summed E-state index contributed by atoms with van der Waals surface area (Å²) in [5.74, 6) is -2.00. The number of nitrogens with one attached hydrogen (secondary N) is 2. The average molecular weight is 583 g/mol. The van der Waals surface area contributed by atoms with E-state index >= 15 is 4.39 Å². The van der Waals surface area contributed by atoms with Crippen LogP contribution in [0.2, 0.25) is 0 Å². The van der Waals surface area contributed by atoms with Gasteiger partial charge in [-0.25, -0.2) is 22.8 Å². The van der Waals surface area contributed by atoms with E-state index in [1.165, 1.54) is 12.1 Å². The Morgan fingerprint density at radius 2 is 1.80 bits per heavy atom. The molecule has 0 saturated carbocycles. The van der Waals surface area contributed by atoms with E-state index in [9.17, 15) is 31.2 Å². The number of halogens is 4. The molecule has 10 nitrogen and oxygen atoms in total. The van der Waals surface area contributed by atoms with Crippen molar-refractivity contribution in [1.29, 1.82) is 0 Å². The minimum absolute atomic E-state index is 0.0188. The summed E-state index contributed by atoms with van der Waals surface area (Å²) in [5, 5.41) is 1.88. The molecule has 1 aliphatic heterocycles. The molecule has 2 atom stereocenters. The Morgan fingerprint density at radius 1 is 1.15 bits per heavy atom. The van der Waals surface area contributed by atoms with E-state index in [0.29, 0.717) is 19.3 Å². The van der Waals surface area contributed by atoms with E-state index in [2.05, 4.69) is 25.2 Å². The molecule has 0 bridgehead atoms. The first kappa shape index (κ1) is 29.1. The Bertz CT molecular complexity index is 1610. The Labute approximate surface area is 227 Å². The lowest BCUT2D eigenvalue weighted by molar-refractivity contribution is -0.138. The Kier molecular flexibility index (Phi) is 7.73. The van der Waals surface area contributed by atoms with Gasteiger partial charge in [0.2, 0.25) is 20.6 Å². The summed E-state index contributed by atoms with van der Waals surface area (Å²) in [7, 11) is -1.91. The molecule has 1 aliphatic rings. The van der Waals surface area contributed by atoms with E-state index in [1.807, 2.05) is 20.9 Å². The van der Waals surface area contributed by atoms with Gasteiger partial charge in [0.25, 0.3) is 5.91 Å². The SMILES string of the molecule is CC1CN(c2cc(F)c(-c3ccnc(S(C)(=O)=O)n3)cc2NC(=O)c2c[nH]c(=O)cc2C(F)(F)F)CC(C)N1C. The van der Waals surface area contributed by atoms with Crippen LogP contribution in [-0.2, 0) is 16.0 Å². The molecule has 214 valence electrons. The molecule has 0 aliphatic carbocycles. The lowest BCUT2D eigenvalue weighted by atomic mass is 10.0. The van der Waals surface area contributed by atoms with Crippen molar-refractivity contribution in [3.8, 4) is 11.3 Å². The van der Waals surface area contributed by atoms with E-state index in [-0.39, 0.29) is 40.8 Å². The van der Waals surface area contributed by atoms with Crippen molar-refractivity contribution in [2.45, 2.75) is 37.3 Å². The number of likely N-dealkylation sites (N-methyl/N-ethyl adjacent to an activating group) is 1. The predicted molar refractivity (Wildman–Crippen MR) is 139 cm³/mol. The van der Waals surface area contributed by atoms with E-state index < -0.39 is 49.6 Å². The largest absolute Gasteiger partial charge is 0.417 e. The number of amides is 1. The number of carbonyl (C=O) groups is 1. The molecule has 15 heteroatoms. The molecule has 0 spiro atoms. The number of carbonyl (C=O) groups excluding carboxylic acids is 1. The zero-order valence-corrected chi connectivity index (χ0v) is 22.7. The molecule has 0 radical (unpaired) electrons. The number of hydrogen-bond donors (Lipinski definition) is 2. The second-order valence-corrected chi connectivity index (χ2v) is 11.6. The number of nitrogens with zero attached hydrogens (tertiary/aromatic N) is 4. The molecule has 2 aromatic heterocycles. The second kappa shape index (κ2) is 10.6. The number of H-pyrrole nitrogens is 1. The first-order valence-corrected chi connectivity index (χ1v) is 13.9. The summed E-state index contributed by atoms with van der Waals surface area (Å²) in [6.45, 7) is 4.74. The van der Waals surface area contributed by atoms with Crippen molar-refractivity contribution in [2.24, 2.45) is 0 Å². The Hall–Kier alpha value is -3.85. The Morgan fingerprint density at radius 3 is 2.40 bits per heavy atom. The number of benzene rings is 1. The van der Waals surface area contributed by atoms with Crippen LogP contribution in [0.15, 0.2) is 46.6 Å². The molecule has 3 heterocycles. The molecule has 4 rings (SSSR count). The summed E-state index contributed by atoms with van der Waals surface area (Å²) in [5.41, 5.74) is -3.48. The number of sulfone groups is 1. The van der Waals surface area contributed by atoms with Gasteiger partial charge in [-0.15, -0.1) is 0 Å². The average Bonchev–Trinajstić information content (AvgIpc) is 2.86. The number of aromatic amines is 1. The number of aromatic nitrogens is 3. The summed E-state index contributed by atoms with van der Waals surface area (Å²) < 4.78 is 80.4. The number of pyridine rings is 1. The van der Waals surface area contributed by atoms with Crippen LogP contribution >= 0.6 is 0 Å². The number of alkyl halides is 3. The van der Waals surface area contributed by atoms with E-state index in [1.54, 1.807) is 4.90 Å². The highest BCUT2D eigenvalue weighted by molar-refractivity contribution is 7.90. The monoisotopic (exact) mass is 582 g/mol. The van der Waals surface area contributed by atoms with Crippen LogP contribution in [0, 0.1) is 5.82 Å². The van der Waals surface area contributed by atoms with Gasteiger partial charge in [-0.3, -0.25) is 14.5 Å². The second-order valence-electron chi connectivity index (χ2n) is 9.69. The number of piperazine rings is 1. The summed E-state index contributed by atoms with van der Waals surface area (Å²) >= 11 is 0. The summed E-state index contributed by atoms with van der Waals surface area (Å²) in [4.78, 5) is 38.3. The number of anilines is 2. The topological polar surface area (TPSA) is 128 Å². The Balaban J connectivity index is 1.86. The first-order valence-electron chi connectivity index (χ1n) is 12.0. The van der Waals surface area contributed by atoms with Crippen LogP contribution in [0.4, 0.5) is 28.9 Å². The first-order chi connectivity index (χ1) is 18.6. The molecule has 3 aromatic rings. The summed E-state index contributed by atoms with van der Waals surface area (Å²) in [6.07, 6.45) is -2.32. The third kappa shape index (κ3) is 5.99. The molecular formula is C25H26F4N6O4S. The van der Waals surface area contributed by atoms with Crippen molar-refractivity contribution < 1.29 is 30.8 Å². The fourth-order valence-electron chi connectivity index (χ4n) is 4.47. The fourth-order valence-corrected chi connectivity index (χ4v) is 4.99. The van der Waals surface area contributed by atoms with Crippen LogP contribution in [0.1, 0.15) is 29.8 Å². The highest BCUT2D eigenvalue weighted by atomic mass is 32.2. The van der Waals surface area contributed by atoms with Crippen LogP contribution < -0.4 is 15.8 Å². The quantitative estimate of drug-likeness (QED) is 0.347. The maximum atomic E-state index is 15.5. The highest BCUT2D eigenvalue weighted by Crippen LogP contribution is 2.37. The number of rotatable bonds is 5. The van der Waals surface area contributed by atoms with Gasteiger partial charge in [-0.2, -0.15) is 13.2 Å². The van der Waals surface area contributed by atoms with Crippen molar-refractivity contribution in [3.05, 3.63) is 64.0 Å². The summed E-state index contributed by atoms with van der Waals surface area (Å²) in [6, 6.07) is 3.89. The fraction of sp³-hybridized carbons (Fsp3) is 0.360. The molecule has 2 unspecified atom stereocenters. The lowest BCUT2D eigenvalue weighted by Crippen LogP contribution is -2.55. The molecule has 1 amide bonds. The smallest absolute Gasteiger partial charge is 0.367 e. The van der Waals surface area contributed by atoms with Crippen molar-refractivity contribution in [1.82, 2.24) is 19.9 Å². The van der Waals surface area contributed by atoms with Crippen LogP contribution in [0.5, 0.6) is 0 Å². The molecule has 1 fully saturated rings. The minimum atomic E-state index is -5.00. The van der Waals surface area contributed by atoms with Crippen molar-refractivity contribution >= 4 is 27.1 Å². The third-order valence-electron chi connectivity index (χ3n) is 6.75. The molecular weight excluding hydrogens is 556 g/mol. The van der Waals surface area contributed by atoms with Crippen LogP contribution in [-0.4, -0.2) is 72.7 Å². The standard InChI is InChI=1S/C25H26F4N6O4S/c1-13-11-35(12-14(2)34(13)3)21-9-18(26)15(19-5-6-30-24(33-19)40(4,38)39)7-20(21)32-23(37)16-10-31-22(36)8-17(16)25(27,28)29/h5-10,13-14H,11-12H2,1-4H3,(H,31,36)(H,32,37). The van der Waals surface area contributed by atoms with Gasteiger partial charge < -0.3 is 15.2 Å². The van der Waals surface area contributed by atoms with Gasteiger partial charge >= 0.3 is 6.18 Å². The highest BCUT2D eigenvalue weighted by Gasteiger charge is 2.36. The zero-order valence-electron chi connectivity index (χ0n) is 21.9. The van der Waals surface area contributed by atoms with E-state index in [0.717, 1.165) is 18.5 Å². The van der Waals surface area contributed by atoms with E-state index in [4.69, 9.17) is 0 Å². The van der Waals surface area contributed by atoms with Gasteiger partial charge in [0.15, 0.2) is 0 Å².